The Labute approximate surface area is 186 Å². The van der Waals surface area contributed by atoms with Crippen LogP contribution in [0.25, 0.3) is 16.8 Å². The van der Waals surface area contributed by atoms with Crippen LogP contribution in [0.2, 0.25) is 0 Å². The van der Waals surface area contributed by atoms with Crippen molar-refractivity contribution in [2.45, 2.75) is 33.7 Å². The zero-order valence-electron chi connectivity index (χ0n) is 18.2. The van der Waals surface area contributed by atoms with E-state index in [1.165, 1.54) is 5.56 Å². The van der Waals surface area contributed by atoms with Gasteiger partial charge in [0.25, 0.3) is 0 Å². The molecule has 4 rings (SSSR count). The first kappa shape index (κ1) is 21.2. The molecule has 1 N–H and O–H groups in total. The lowest BCUT2D eigenvalue weighted by Gasteiger charge is -2.12. The normalized spacial score (nSPS) is 10.7. The summed E-state index contributed by atoms with van der Waals surface area (Å²) in [7, 11) is 0. The zero-order chi connectivity index (χ0) is 22.5. The van der Waals surface area contributed by atoms with Crippen LogP contribution in [0.3, 0.4) is 0 Å². The number of nitrogens with zero attached hydrogens (tertiary/aromatic N) is 5. The van der Waals surface area contributed by atoms with Crippen molar-refractivity contribution in [3.05, 3.63) is 83.4 Å². The molecule has 0 saturated heterocycles. The fourth-order valence-electron chi connectivity index (χ4n) is 3.22. The summed E-state index contributed by atoms with van der Waals surface area (Å²) in [5.74, 6) is 1.11. The predicted molar refractivity (Wildman–Crippen MR) is 121 cm³/mol. The van der Waals surface area contributed by atoms with Crippen molar-refractivity contribution in [2.75, 3.05) is 0 Å². The Morgan fingerprint density at radius 2 is 1.84 bits per heavy atom. The molecular formula is C24H24N6O2. The number of pyridine rings is 1. The van der Waals surface area contributed by atoms with Crippen molar-refractivity contribution < 1.29 is 9.53 Å². The SMILES string of the molecule is CCc1nnnn1-c1cc(OC(=O)NCc2ccc(C)nc2)cc(-c2ccc(C)cc2)c1. The van der Waals surface area contributed by atoms with Crippen LogP contribution in [0.5, 0.6) is 5.75 Å². The van der Waals surface area contributed by atoms with Crippen LogP contribution in [0.1, 0.15) is 29.6 Å². The van der Waals surface area contributed by atoms with Crippen LogP contribution in [-0.2, 0) is 13.0 Å². The summed E-state index contributed by atoms with van der Waals surface area (Å²) >= 11 is 0. The molecule has 0 atom stereocenters. The topological polar surface area (TPSA) is 94.8 Å². The number of hydrogen-bond acceptors (Lipinski definition) is 6. The van der Waals surface area contributed by atoms with Gasteiger partial charge in [-0.1, -0.05) is 42.8 Å². The molecule has 2 aromatic carbocycles. The summed E-state index contributed by atoms with van der Waals surface area (Å²) in [5.41, 5.74) is 5.59. The highest BCUT2D eigenvalue weighted by Gasteiger charge is 2.13. The molecule has 0 unspecified atom stereocenters. The molecule has 0 fully saturated rings. The summed E-state index contributed by atoms with van der Waals surface area (Å²) in [5, 5.41) is 14.7. The van der Waals surface area contributed by atoms with E-state index in [1.54, 1.807) is 16.9 Å². The van der Waals surface area contributed by atoms with E-state index in [0.717, 1.165) is 28.1 Å². The summed E-state index contributed by atoms with van der Waals surface area (Å²) < 4.78 is 7.26. The van der Waals surface area contributed by atoms with Crippen LogP contribution in [0.4, 0.5) is 4.79 Å². The molecule has 32 heavy (non-hydrogen) atoms. The zero-order valence-corrected chi connectivity index (χ0v) is 18.2. The van der Waals surface area contributed by atoms with Gasteiger partial charge in [0.05, 0.1) is 5.69 Å². The lowest BCUT2D eigenvalue weighted by Crippen LogP contribution is -2.26. The monoisotopic (exact) mass is 428 g/mol. The van der Waals surface area contributed by atoms with Gasteiger partial charge in [-0.05, 0) is 59.2 Å². The lowest BCUT2D eigenvalue weighted by atomic mass is 10.0. The van der Waals surface area contributed by atoms with Gasteiger partial charge in [-0.2, -0.15) is 4.68 Å². The van der Waals surface area contributed by atoms with E-state index in [4.69, 9.17) is 4.74 Å². The maximum atomic E-state index is 12.5. The van der Waals surface area contributed by atoms with Gasteiger partial charge in [-0.15, -0.1) is 5.10 Å². The van der Waals surface area contributed by atoms with Crippen LogP contribution in [-0.4, -0.2) is 31.3 Å². The third kappa shape index (κ3) is 4.97. The molecule has 0 aliphatic carbocycles. The fraction of sp³-hybridized carbons (Fsp3) is 0.208. The molecule has 2 aromatic heterocycles. The largest absolute Gasteiger partial charge is 0.412 e. The lowest BCUT2D eigenvalue weighted by molar-refractivity contribution is 0.200. The summed E-state index contributed by atoms with van der Waals surface area (Å²) in [6, 6.07) is 17.5. The number of rotatable bonds is 6. The minimum atomic E-state index is -0.551. The van der Waals surface area contributed by atoms with Crippen molar-refractivity contribution in [3.63, 3.8) is 0 Å². The van der Waals surface area contributed by atoms with E-state index in [2.05, 4.69) is 25.8 Å². The van der Waals surface area contributed by atoms with Gasteiger partial charge in [0, 0.05) is 30.9 Å². The number of benzene rings is 2. The Hall–Kier alpha value is -4.07. The van der Waals surface area contributed by atoms with Gasteiger partial charge in [0.2, 0.25) is 0 Å². The van der Waals surface area contributed by atoms with Gasteiger partial charge in [-0.3, -0.25) is 4.98 Å². The Balaban J connectivity index is 1.60. The molecule has 0 radical (unpaired) electrons. The van der Waals surface area contributed by atoms with E-state index < -0.39 is 6.09 Å². The Morgan fingerprint density at radius 3 is 2.56 bits per heavy atom. The van der Waals surface area contributed by atoms with E-state index in [9.17, 15) is 4.79 Å². The first-order chi connectivity index (χ1) is 15.5. The molecular weight excluding hydrogens is 404 g/mol. The van der Waals surface area contributed by atoms with Gasteiger partial charge in [0.1, 0.15) is 5.75 Å². The van der Waals surface area contributed by atoms with Crippen LogP contribution < -0.4 is 10.1 Å². The number of aryl methyl sites for hydroxylation is 3. The first-order valence-corrected chi connectivity index (χ1v) is 10.4. The molecule has 1 amide bonds. The molecule has 4 aromatic rings. The van der Waals surface area contributed by atoms with Gasteiger partial charge < -0.3 is 10.1 Å². The molecule has 0 aliphatic heterocycles. The number of carbonyl (C=O) groups excluding carboxylic acids is 1. The number of carbonyl (C=O) groups is 1. The standard InChI is InChI=1S/C24H24N6O2/c1-4-23-27-28-29-30(23)21-11-20(19-9-5-16(2)6-10-19)12-22(13-21)32-24(31)26-15-18-8-7-17(3)25-14-18/h5-14H,4,15H2,1-3H3,(H,26,31). The minimum Gasteiger partial charge on any atom is -0.410 e. The third-order valence-electron chi connectivity index (χ3n) is 4.99. The molecule has 0 spiro atoms. The minimum absolute atomic E-state index is 0.323. The molecule has 2 heterocycles. The number of hydrogen-bond donors (Lipinski definition) is 1. The summed E-state index contributed by atoms with van der Waals surface area (Å²) in [6.07, 6.45) is 1.85. The highest BCUT2D eigenvalue weighted by atomic mass is 16.6. The van der Waals surface area contributed by atoms with Crippen molar-refractivity contribution >= 4 is 6.09 Å². The molecule has 0 saturated carbocycles. The van der Waals surface area contributed by atoms with E-state index in [1.807, 2.05) is 69.3 Å². The fourth-order valence-corrected chi connectivity index (χ4v) is 3.22. The number of nitrogens with one attached hydrogen (secondary N) is 1. The Kier molecular flexibility index (Phi) is 6.21. The first-order valence-electron chi connectivity index (χ1n) is 10.4. The number of amides is 1. The molecule has 162 valence electrons. The average Bonchev–Trinajstić information content (AvgIpc) is 3.28. The van der Waals surface area contributed by atoms with Crippen LogP contribution in [0, 0.1) is 13.8 Å². The summed E-state index contributed by atoms with van der Waals surface area (Å²) in [4.78, 5) is 16.7. The molecule has 0 aliphatic rings. The Morgan fingerprint density at radius 1 is 1.03 bits per heavy atom. The number of tetrazole rings is 1. The number of aromatic nitrogens is 5. The van der Waals surface area contributed by atoms with Gasteiger partial charge in [0.15, 0.2) is 5.82 Å². The molecule has 8 heteroatoms. The predicted octanol–water partition coefficient (Wildman–Crippen LogP) is 4.19. The smallest absolute Gasteiger partial charge is 0.410 e. The summed E-state index contributed by atoms with van der Waals surface area (Å²) in [6.45, 7) is 6.26. The second-order valence-electron chi connectivity index (χ2n) is 7.49. The van der Waals surface area contributed by atoms with E-state index in [-0.39, 0.29) is 0 Å². The van der Waals surface area contributed by atoms with Crippen molar-refractivity contribution in [1.82, 2.24) is 30.5 Å². The van der Waals surface area contributed by atoms with Crippen LogP contribution in [0.15, 0.2) is 60.8 Å². The second-order valence-corrected chi connectivity index (χ2v) is 7.49. The third-order valence-corrected chi connectivity index (χ3v) is 4.99. The maximum Gasteiger partial charge on any atom is 0.412 e. The van der Waals surface area contributed by atoms with Crippen molar-refractivity contribution in [2.24, 2.45) is 0 Å². The molecule has 0 bridgehead atoms. The van der Waals surface area contributed by atoms with Crippen LogP contribution >= 0.6 is 0 Å². The van der Waals surface area contributed by atoms with Gasteiger partial charge >= 0.3 is 6.09 Å². The van der Waals surface area contributed by atoms with E-state index >= 15 is 0 Å². The quantitative estimate of drug-likeness (QED) is 0.495. The van der Waals surface area contributed by atoms with Crippen molar-refractivity contribution in [1.29, 1.82) is 0 Å². The second kappa shape index (κ2) is 9.38. The average molecular weight is 428 g/mol. The maximum absolute atomic E-state index is 12.5. The highest BCUT2D eigenvalue weighted by molar-refractivity contribution is 5.73. The van der Waals surface area contributed by atoms with E-state index in [0.29, 0.717) is 24.5 Å². The molecule has 8 nitrogen and oxygen atoms in total. The van der Waals surface area contributed by atoms with Crippen molar-refractivity contribution in [3.8, 4) is 22.6 Å². The van der Waals surface area contributed by atoms with Gasteiger partial charge in [-0.25, -0.2) is 4.79 Å². The number of ether oxygens (including phenoxy) is 1. The highest BCUT2D eigenvalue weighted by Crippen LogP contribution is 2.28. The Bertz CT molecular complexity index is 1220.